The van der Waals surface area contributed by atoms with Crippen LogP contribution in [0.1, 0.15) is 53.0 Å². The predicted molar refractivity (Wildman–Crippen MR) is 144 cm³/mol. The Labute approximate surface area is 227 Å². The topological polar surface area (TPSA) is 125 Å². The molecule has 0 spiro atoms. The lowest BCUT2D eigenvalue weighted by Gasteiger charge is -2.29. The summed E-state index contributed by atoms with van der Waals surface area (Å²) in [4.78, 5) is 52.9. The van der Waals surface area contributed by atoms with Crippen LogP contribution in [0, 0.1) is 11.8 Å². The second-order valence-corrected chi connectivity index (χ2v) is 10.9. The summed E-state index contributed by atoms with van der Waals surface area (Å²) >= 11 is 3.26. The number of phenolic OH excluding ortho intramolecular Hbond substituents is 1. The number of esters is 1. The molecule has 3 N–H and O–H groups in total. The second-order valence-electron chi connectivity index (χ2n) is 10.0. The van der Waals surface area contributed by atoms with Crippen LogP contribution in [0.3, 0.4) is 0 Å². The zero-order chi connectivity index (χ0) is 27.9. The molecule has 1 aromatic rings. The highest BCUT2D eigenvalue weighted by molar-refractivity contribution is 9.10. The minimum Gasteiger partial charge on any atom is -0.507 e. The third kappa shape index (κ3) is 9.18. The van der Waals surface area contributed by atoms with Gasteiger partial charge in [-0.05, 0) is 73.2 Å². The fourth-order valence-electron chi connectivity index (χ4n) is 4.38. The number of ether oxygens (including phenoxy) is 1. The average molecular weight is 581 g/mol. The van der Waals surface area contributed by atoms with Crippen molar-refractivity contribution in [2.75, 3.05) is 13.6 Å². The van der Waals surface area contributed by atoms with Crippen molar-refractivity contribution in [2.24, 2.45) is 11.8 Å². The van der Waals surface area contributed by atoms with Gasteiger partial charge in [0, 0.05) is 19.4 Å². The van der Waals surface area contributed by atoms with Crippen LogP contribution in [-0.4, -0.2) is 65.5 Å². The van der Waals surface area contributed by atoms with Crippen molar-refractivity contribution in [1.29, 1.82) is 0 Å². The van der Waals surface area contributed by atoms with Crippen LogP contribution in [-0.2, 0) is 30.3 Å². The average Bonchev–Trinajstić information content (AvgIpc) is 2.81. The number of aromatic hydroxyl groups is 1. The lowest BCUT2D eigenvalue weighted by molar-refractivity contribution is -0.153. The Balaban J connectivity index is 2.34. The van der Waals surface area contributed by atoms with Crippen molar-refractivity contribution in [1.82, 2.24) is 15.5 Å². The standard InChI is InChI=1S/C27H38BrN3O6/c1-15-9-16(2)11-18(4)37-27(36)19(5)30-26(35)22(13-20-7-8-23(32)21(28)12-20)31(6)24(33)14-29-25(34)17(3)10-15/h7-9,12,16-19,22,32H,10-11,13-14H2,1-6H3,(H,29,34)(H,30,35)/b15-9+/t16-,17?,18-,19-,22?/m1/s1. The zero-order valence-corrected chi connectivity index (χ0v) is 23.9. The van der Waals surface area contributed by atoms with Crippen molar-refractivity contribution in [3.8, 4) is 5.75 Å². The summed E-state index contributed by atoms with van der Waals surface area (Å²) in [6.07, 6.45) is 2.94. The highest BCUT2D eigenvalue weighted by atomic mass is 79.9. The van der Waals surface area contributed by atoms with Crippen molar-refractivity contribution < 1.29 is 29.0 Å². The molecular formula is C27H38BrN3O6. The van der Waals surface area contributed by atoms with E-state index in [-0.39, 0.29) is 42.6 Å². The van der Waals surface area contributed by atoms with Gasteiger partial charge in [-0.25, -0.2) is 4.79 Å². The van der Waals surface area contributed by atoms with Gasteiger partial charge in [-0.2, -0.15) is 0 Å². The van der Waals surface area contributed by atoms with E-state index < -0.39 is 29.9 Å². The number of likely N-dealkylation sites (N-methyl/N-ethyl adjacent to an activating group) is 1. The van der Waals surface area contributed by atoms with Crippen molar-refractivity contribution in [2.45, 2.75) is 72.1 Å². The maximum absolute atomic E-state index is 13.3. The van der Waals surface area contributed by atoms with Gasteiger partial charge in [0.15, 0.2) is 0 Å². The number of hydrogen-bond donors (Lipinski definition) is 3. The molecule has 0 bridgehead atoms. The van der Waals surface area contributed by atoms with Gasteiger partial charge in [-0.1, -0.05) is 31.6 Å². The van der Waals surface area contributed by atoms with E-state index in [2.05, 4.69) is 32.6 Å². The molecule has 0 aromatic heterocycles. The molecule has 1 heterocycles. The molecule has 5 atom stereocenters. The molecule has 1 aliphatic heterocycles. The molecule has 9 nitrogen and oxygen atoms in total. The van der Waals surface area contributed by atoms with Crippen LogP contribution in [0.4, 0.5) is 0 Å². The van der Waals surface area contributed by atoms with Crippen molar-refractivity contribution >= 4 is 39.6 Å². The maximum Gasteiger partial charge on any atom is 0.328 e. The number of hydrogen-bond acceptors (Lipinski definition) is 6. The number of nitrogens with zero attached hydrogens (tertiary/aromatic N) is 1. The molecule has 1 aromatic carbocycles. The first-order valence-corrected chi connectivity index (χ1v) is 13.3. The van der Waals surface area contributed by atoms with E-state index in [1.807, 2.05) is 13.8 Å². The van der Waals surface area contributed by atoms with Gasteiger partial charge in [0.1, 0.15) is 17.8 Å². The van der Waals surface area contributed by atoms with Gasteiger partial charge in [0.05, 0.1) is 17.1 Å². The summed E-state index contributed by atoms with van der Waals surface area (Å²) in [6, 6.07) is 2.89. The largest absolute Gasteiger partial charge is 0.507 e. The summed E-state index contributed by atoms with van der Waals surface area (Å²) in [5.41, 5.74) is 1.73. The van der Waals surface area contributed by atoms with Gasteiger partial charge in [0.2, 0.25) is 17.7 Å². The number of allylic oxidation sites excluding steroid dienone is 2. The molecule has 0 radical (unpaired) electrons. The molecular weight excluding hydrogens is 542 g/mol. The normalized spacial score (nSPS) is 28.8. The number of rotatable bonds is 2. The Hall–Kier alpha value is -2.88. The maximum atomic E-state index is 13.3. The Morgan fingerprint density at radius 3 is 2.43 bits per heavy atom. The van der Waals surface area contributed by atoms with Gasteiger partial charge in [-0.3, -0.25) is 14.4 Å². The lowest BCUT2D eigenvalue weighted by Crippen LogP contribution is -2.54. The van der Waals surface area contributed by atoms with E-state index in [1.54, 1.807) is 26.0 Å². The van der Waals surface area contributed by atoms with Gasteiger partial charge >= 0.3 is 5.97 Å². The predicted octanol–water partition coefficient (Wildman–Crippen LogP) is 3.09. The summed E-state index contributed by atoms with van der Waals surface area (Å²) in [7, 11) is 1.48. The number of halogens is 1. The van der Waals surface area contributed by atoms with Crippen LogP contribution in [0.2, 0.25) is 0 Å². The SMILES string of the molecule is C/C1=C\[C@@H](C)C[C@@H](C)OC(=O)[C@@H](C)NC(=O)C(Cc2ccc(O)c(Br)c2)N(C)C(=O)CNC(=O)C(C)C1. The number of cyclic esters (lactones) is 1. The summed E-state index contributed by atoms with van der Waals surface area (Å²) < 4.78 is 6.02. The molecule has 0 fully saturated rings. The van der Waals surface area contributed by atoms with Crippen molar-refractivity contribution in [3.05, 3.63) is 39.9 Å². The molecule has 0 saturated carbocycles. The lowest BCUT2D eigenvalue weighted by atomic mass is 9.96. The number of phenols is 1. The first kappa shape index (κ1) is 30.3. The Kier molecular flexibility index (Phi) is 11.2. The number of carbonyl (C=O) groups excluding carboxylic acids is 4. The third-order valence-electron chi connectivity index (χ3n) is 6.40. The summed E-state index contributed by atoms with van der Waals surface area (Å²) in [5, 5.41) is 15.2. The van der Waals surface area contributed by atoms with Crippen LogP contribution in [0.5, 0.6) is 5.75 Å². The minimum atomic E-state index is -0.977. The summed E-state index contributed by atoms with van der Waals surface area (Å²) in [6.45, 7) is 8.85. The Bertz CT molecular complexity index is 1040. The second kappa shape index (κ2) is 13.6. The Morgan fingerprint density at radius 1 is 1.11 bits per heavy atom. The molecule has 1 aliphatic rings. The highest BCUT2D eigenvalue weighted by Crippen LogP contribution is 2.25. The number of amides is 3. The van der Waals surface area contributed by atoms with Gasteiger partial charge in [0.25, 0.3) is 0 Å². The van der Waals surface area contributed by atoms with Crippen LogP contribution in [0.25, 0.3) is 0 Å². The van der Waals surface area contributed by atoms with E-state index in [0.29, 0.717) is 22.9 Å². The molecule has 2 rings (SSSR count). The van der Waals surface area contributed by atoms with Gasteiger partial charge in [-0.15, -0.1) is 0 Å². The van der Waals surface area contributed by atoms with E-state index >= 15 is 0 Å². The zero-order valence-electron chi connectivity index (χ0n) is 22.3. The molecule has 37 heavy (non-hydrogen) atoms. The molecule has 0 aliphatic carbocycles. The van der Waals surface area contributed by atoms with Crippen LogP contribution >= 0.6 is 15.9 Å². The van der Waals surface area contributed by atoms with Crippen molar-refractivity contribution in [3.63, 3.8) is 0 Å². The molecule has 2 unspecified atom stereocenters. The molecule has 0 saturated heterocycles. The quantitative estimate of drug-likeness (QED) is 0.365. The van der Waals surface area contributed by atoms with E-state index in [9.17, 15) is 24.3 Å². The smallest absolute Gasteiger partial charge is 0.328 e. The third-order valence-corrected chi connectivity index (χ3v) is 7.03. The first-order chi connectivity index (χ1) is 17.3. The van der Waals surface area contributed by atoms with E-state index in [4.69, 9.17) is 4.74 Å². The monoisotopic (exact) mass is 579 g/mol. The highest BCUT2D eigenvalue weighted by Gasteiger charge is 2.31. The molecule has 204 valence electrons. The van der Waals surface area contributed by atoms with Crippen LogP contribution < -0.4 is 10.6 Å². The summed E-state index contributed by atoms with van der Waals surface area (Å²) in [5.74, 6) is -1.98. The number of nitrogens with one attached hydrogen (secondary N) is 2. The van der Waals surface area contributed by atoms with Gasteiger partial charge < -0.3 is 25.4 Å². The van der Waals surface area contributed by atoms with E-state index in [1.165, 1.54) is 24.9 Å². The Morgan fingerprint density at radius 2 is 1.78 bits per heavy atom. The fraction of sp³-hybridized carbons (Fsp3) is 0.556. The molecule has 3 amide bonds. The fourth-order valence-corrected chi connectivity index (χ4v) is 4.81. The minimum absolute atomic E-state index is 0.0454. The van der Waals surface area contributed by atoms with Crippen LogP contribution in [0.15, 0.2) is 34.3 Å². The molecule has 10 heteroatoms. The van der Waals surface area contributed by atoms with E-state index in [0.717, 1.165) is 5.57 Å². The number of carbonyl (C=O) groups is 4. The first-order valence-electron chi connectivity index (χ1n) is 12.5. The number of benzene rings is 1.